The highest BCUT2D eigenvalue weighted by atomic mass is 35.5. The second-order valence-electron chi connectivity index (χ2n) is 5.36. The first-order valence-electron chi connectivity index (χ1n) is 7.37. The van der Waals surface area contributed by atoms with Gasteiger partial charge in [0.05, 0.1) is 11.1 Å². The number of hydrogen-bond donors (Lipinski definition) is 0. The molecule has 7 heteroatoms. The van der Waals surface area contributed by atoms with Crippen LogP contribution >= 0.6 is 35.1 Å². The maximum absolute atomic E-state index is 6.38. The Morgan fingerprint density at radius 1 is 1.43 bits per heavy atom. The van der Waals surface area contributed by atoms with Gasteiger partial charge in [0.1, 0.15) is 11.3 Å². The molecule has 1 aliphatic heterocycles. The average molecular weight is 345 g/mol. The van der Waals surface area contributed by atoms with Crippen LogP contribution < -0.4 is 0 Å². The number of fused-ring (bicyclic) bond motifs is 1. The van der Waals surface area contributed by atoms with Crippen molar-refractivity contribution in [1.82, 2.24) is 19.3 Å². The van der Waals surface area contributed by atoms with Crippen LogP contribution in [0, 0.1) is 0 Å². The smallest absolute Gasteiger partial charge is 0.158 e. The van der Waals surface area contributed by atoms with Gasteiger partial charge in [0.15, 0.2) is 5.65 Å². The monoisotopic (exact) mass is 344 g/mol. The molecule has 0 N–H and O–H groups in total. The summed E-state index contributed by atoms with van der Waals surface area (Å²) in [4.78, 5) is 4.80. The number of imidazole rings is 1. The first kappa shape index (κ1) is 15.6. The quantitative estimate of drug-likeness (QED) is 0.795. The van der Waals surface area contributed by atoms with E-state index in [1.165, 1.54) is 17.3 Å². The molecule has 21 heavy (non-hydrogen) atoms. The zero-order valence-electron chi connectivity index (χ0n) is 12.7. The van der Waals surface area contributed by atoms with Crippen molar-refractivity contribution in [3.05, 3.63) is 11.5 Å². The summed E-state index contributed by atoms with van der Waals surface area (Å²) in [6.07, 6.45) is 0.901. The Balaban J connectivity index is 2.04. The Hall–Kier alpha value is -0.330. The maximum atomic E-state index is 6.38. The van der Waals surface area contributed by atoms with Crippen LogP contribution in [0.5, 0.6) is 0 Å². The SMILES string of the molecule is CCc1nn(C)c2c1nc(C(C)Cl)n2CC1CSCCS1. The van der Waals surface area contributed by atoms with Gasteiger partial charge in [0, 0.05) is 36.1 Å². The van der Waals surface area contributed by atoms with E-state index in [2.05, 4.69) is 28.4 Å². The minimum absolute atomic E-state index is 0.0802. The summed E-state index contributed by atoms with van der Waals surface area (Å²) in [5, 5.41) is 5.15. The first-order chi connectivity index (χ1) is 10.1. The lowest BCUT2D eigenvalue weighted by molar-refractivity contribution is 0.635. The van der Waals surface area contributed by atoms with E-state index in [4.69, 9.17) is 16.6 Å². The summed E-state index contributed by atoms with van der Waals surface area (Å²) in [6.45, 7) is 5.10. The fourth-order valence-corrected chi connectivity index (χ4v) is 5.65. The van der Waals surface area contributed by atoms with E-state index in [1.807, 2.05) is 30.4 Å². The van der Waals surface area contributed by atoms with Crippen molar-refractivity contribution in [3.63, 3.8) is 0 Å². The van der Waals surface area contributed by atoms with Crippen LogP contribution in [-0.4, -0.2) is 41.8 Å². The molecule has 1 saturated heterocycles. The lowest BCUT2D eigenvalue weighted by Crippen LogP contribution is -2.22. The zero-order valence-corrected chi connectivity index (χ0v) is 15.1. The van der Waals surface area contributed by atoms with Gasteiger partial charge in [-0.2, -0.15) is 28.6 Å². The second-order valence-corrected chi connectivity index (χ2v) is 8.57. The van der Waals surface area contributed by atoms with Crippen LogP contribution in [0.4, 0.5) is 0 Å². The van der Waals surface area contributed by atoms with Crippen LogP contribution in [0.2, 0.25) is 0 Å². The van der Waals surface area contributed by atoms with Gasteiger partial charge in [-0.25, -0.2) is 4.98 Å². The lowest BCUT2D eigenvalue weighted by atomic mass is 10.3. The van der Waals surface area contributed by atoms with Crippen molar-refractivity contribution in [2.24, 2.45) is 7.05 Å². The number of nitrogens with zero attached hydrogens (tertiary/aromatic N) is 4. The normalized spacial score (nSPS) is 21.0. The Kier molecular flexibility index (Phi) is 4.76. The standard InChI is InChI=1S/C14H21ClN4S2/c1-4-11-12-14(18(3)17-11)19(13(16-12)9(2)15)7-10-8-20-5-6-21-10/h9-10H,4-8H2,1-3H3. The molecular formula is C14H21ClN4S2. The Morgan fingerprint density at radius 2 is 2.24 bits per heavy atom. The number of thioether (sulfide) groups is 2. The van der Waals surface area contributed by atoms with Crippen LogP contribution in [-0.2, 0) is 20.0 Å². The molecule has 0 aromatic carbocycles. The molecule has 2 aromatic rings. The van der Waals surface area contributed by atoms with E-state index < -0.39 is 0 Å². The molecule has 0 radical (unpaired) electrons. The summed E-state index contributed by atoms with van der Waals surface area (Å²) in [7, 11) is 2.01. The molecule has 3 rings (SSSR count). The van der Waals surface area contributed by atoms with Crippen LogP contribution in [0.15, 0.2) is 0 Å². The molecular weight excluding hydrogens is 324 g/mol. The Morgan fingerprint density at radius 3 is 2.86 bits per heavy atom. The minimum Gasteiger partial charge on any atom is -0.311 e. The van der Waals surface area contributed by atoms with Gasteiger partial charge in [-0.15, -0.1) is 11.6 Å². The zero-order chi connectivity index (χ0) is 15.0. The molecule has 116 valence electrons. The van der Waals surface area contributed by atoms with Gasteiger partial charge in [-0.1, -0.05) is 6.92 Å². The summed E-state index contributed by atoms with van der Waals surface area (Å²) in [5.41, 5.74) is 3.21. The summed E-state index contributed by atoms with van der Waals surface area (Å²) in [5.74, 6) is 4.69. The third kappa shape index (κ3) is 2.94. The van der Waals surface area contributed by atoms with Crippen molar-refractivity contribution >= 4 is 46.3 Å². The lowest BCUT2D eigenvalue weighted by Gasteiger charge is -2.23. The topological polar surface area (TPSA) is 35.6 Å². The molecule has 3 heterocycles. The molecule has 0 bridgehead atoms. The van der Waals surface area contributed by atoms with E-state index in [0.717, 1.165) is 35.6 Å². The number of aryl methyl sites for hydroxylation is 2. The Bertz CT molecular complexity index is 628. The predicted molar refractivity (Wildman–Crippen MR) is 93.7 cm³/mol. The number of aromatic nitrogens is 4. The van der Waals surface area contributed by atoms with Gasteiger partial charge >= 0.3 is 0 Å². The Labute approximate surface area is 139 Å². The van der Waals surface area contributed by atoms with Gasteiger partial charge in [-0.05, 0) is 13.3 Å². The highest BCUT2D eigenvalue weighted by Gasteiger charge is 2.24. The van der Waals surface area contributed by atoms with Gasteiger partial charge in [0.2, 0.25) is 0 Å². The van der Waals surface area contributed by atoms with Crippen molar-refractivity contribution in [2.45, 2.75) is 37.4 Å². The predicted octanol–water partition coefficient (Wildman–Crippen LogP) is 3.48. The van der Waals surface area contributed by atoms with Gasteiger partial charge < -0.3 is 4.57 Å². The maximum Gasteiger partial charge on any atom is 0.158 e. The van der Waals surface area contributed by atoms with E-state index in [-0.39, 0.29) is 5.38 Å². The molecule has 1 aliphatic rings. The third-order valence-electron chi connectivity index (χ3n) is 3.78. The van der Waals surface area contributed by atoms with Crippen molar-refractivity contribution in [1.29, 1.82) is 0 Å². The molecule has 0 saturated carbocycles. The highest BCUT2D eigenvalue weighted by Crippen LogP contribution is 2.31. The largest absolute Gasteiger partial charge is 0.311 e. The summed E-state index contributed by atoms with van der Waals surface area (Å²) < 4.78 is 4.26. The molecule has 1 fully saturated rings. The fraction of sp³-hybridized carbons (Fsp3) is 0.714. The van der Waals surface area contributed by atoms with Crippen LogP contribution in [0.25, 0.3) is 11.2 Å². The molecule has 4 nitrogen and oxygen atoms in total. The van der Waals surface area contributed by atoms with Crippen molar-refractivity contribution in [3.8, 4) is 0 Å². The van der Waals surface area contributed by atoms with Gasteiger partial charge in [0.25, 0.3) is 0 Å². The third-order valence-corrected chi connectivity index (χ3v) is 6.81. The molecule has 0 spiro atoms. The average Bonchev–Trinajstić information content (AvgIpc) is 2.99. The molecule has 2 unspecified atom stereocenters. The number of hydrogen-bond acceptors (Lipinski definition) is 4. The number of rotatable bonds is 4. The fourth-order valence-electron chi connectivity index (χ4n) is 2.83. The van der Waals surface area contributed by atoms with E-state index in [0.29, 0.717) is 5.25 Å². The van der Waals surface area contributed by atoms with Crippen LogP contribution in [0.1, 0.15) is 30.7 Å². The summed E-state index contributed by atoms with van der Waals surface area (Å²) >= 11 is 10.5. The van der Waals surface area contributed by atoms with E-state index in [9.17, 15) is 0 Å². The molecule has 2 atom stereocenters. The van der Waals surface area contributed by atoms with E-state index >= 15 is 0 Å². The molecule has 2 aromatic heterocycles. The number of halogens is 1. The minimum atomic E-state index is -0.0802. The van der Waals surface area contributed by atoms with Gasteiger partial charge in [-0.3, -0.25) is 4.68 Å². The van der Waals surface area contributed by atoms with E-state index in [1.54, 1.807) is 0 Å². The van der Waals surface area contributed by atoms with Crippen LogP contribution in [0.3, 0.4) is 0 Å². The molecule has 0 amide bonds. The highest BCUT2D eigenvalue weighted by molar-refractivity contribution is 8.06. The number of alkyl halides is 1. The molecule has 0 aliphatic carbocycles. The van der Waals surface area contributed by atoms with Crippen molar-refractivity contribution in [2.75, 3.05) is 17.3 Å². The first-order valence-corrected chi connectivity index (χ1v) is 10.0. The summed E-state index contributed by atoms with van der Waals surface area (Å²) in [6, 6.07) is 0. The van der Waals surface area contributed by atoms with Crippen molar-refractivity contribution < 1.29 is 0 Å². The second kappa shape index (κ2) is 6.42.